The molecule has 4 nitrogen and oxygen atoms in total. The number of amides is 1. The highest BCUT2D eigenvalue weighted by molar-refractivity contribution is 6.18. The van der Waals surface area contributed by atoms with Gasteiger partial charge < -0.3 is 14.9 Å². The number of aryl methyl sites for hydroxylation is 1. The molecule has 0 bridgehead atoms. The molecular formula is C15H21ClN2O2. The van der Waals surface area contributed by atoms with Gasteiger partial charge in [0.1, 0.15) is 5.75 Å². The van der Waals surface area contributed by atoms with E-state index in [9.17, 15) is 9.90 Å². The van der Waals surface area contributed by atoms with Gasteiger partial charge in [0, 0.05) is 37.6 Å². The van der Waals surface area contributed by atoms with Crippen molar-refractivity contribution < 1.29 is 9.90 Å². The molecule has 1 aliphatic rings. The van der Waals surface area contributed by atoms with Crippen LogP contribution >= 0.6 is 11.6 Å². The highest BCUT2D eigenvalue weighted by Crippen LogP contribution is 2.19. The van der Waals surface area contributed by atoms with Crippen LogP contribution in [0.2, 0.25) is 0 Å². The monoisotopic (exact) mass is 296 g/mol. The van der Waals surface area contributed by atoms with Gasteiger partial charge in [-0.2, -0.15) is 0 Å². The SMILES string of the molecule is Cc1ccc(C(=O)N2CCCN(CCCl)CC2)cc1O. The molecule has 5 heteroatoms. The second kappa shape index (κ2) is 6.95. The third-order valence-corrected chi connectivity index (χ3v) is 3.90. The second-order valence-electron chi connectivity index (χ2n) is 5.18. The first kappa shape index (κ1) is 15.1. The number of halogens is 1. The van der Waals surface area contributed by atoms with Gasteiger partial charge in [0.05, 0.1) is 0 Å². The number of nitrogens with zero attached hydrogens (tertiary/aromatic N) is 2. The third kappa shape index (κ3) is 3.64. The van der Waals surface area contributed by atoms with Crippen LogP contribution in [-0.4, -0.2) is 59.4 Å². The third-order valence-electron chi connectivity index (χ3n) is 3.73. The Morgan fingerprint density at radius 2 is 2.10 bits per heavy atom. The van der Waals surface area contributed by atoms with Crippen molar-refractivity contribution in [1.82, 2.24) is 9.80 Å². The van der Waals surface area contributed by atoms with Gasteiger partial charge in [-0.3, -0.25) is 4.79 Å². The molecular weight excluding hydrogens is 276 g/mol. The number of phenolic OH excluding ortho intramolecular Hbond substituents is 1. The van der Waals surface area contributed by atoms with E-state index in [1.165, 1.54) is 0 Å². The second-order valence-corrected chi connectivity index (χ2v) is 5.56. The van der Waals surface area contributed by atoms with Crippen molar-refractivity contribution in [2.75, 3.05) is 38.6 Å². The smallest absolute Gasteiger partial charge is 0.254 e. The first-order valence-corrected chi connectivity index (χ1v) is 7.52. The van der Waals surface area contributed by atoms with Crippen molar-refractivity contribution in [3.05, 3.63) is 29.3 Å². The van der Waals surface area contributed by atoms with Crippen molar-refractivity contribution in [3.8, 4) is 5.75 Å². The maximum Gasteiger partial charge on any atom is 0.254 e. The fraction of sp³-hybridized carbons (Fsp3) is 0.533. The van der Waals surface area contributed by atoms with Gasteiger partial charge in [-0.25, -0.2) is 0 Å². The lowest BCUT2D eigenvalue weighted by atomic mass is 10.1. The van der Waals surface area contributed by atoms with Crippen molar-refractivity contribution in [1.29, 1.82) is 0 Å². The zero-order valence-corrected chi connectivity index (χ0v) is 12.6. The van der Waals surface area contributed by atoms with E-state index in [1.807, 2.05) is 11.8 Å². The van der Waals surface area contributed by atoms with Crippen molar-refractivity contribution >= 4 is 17.5 Å². The van der Waals surface area contributed by atoms with Crippen molar-refractivity contribution in [2.45, 2.75) is 13.3 Å². The number of carbonyl (C=O) groups is 1. The summed E-state index contributed by atoms with van der Waals surface area (Å²) in [7, 11) is 0. The molecule has 2 rings (SSSR count). The van der Waals surface area contributed by atoms with E-state index in [1.54, 1.807) is 18.2 Å². The summed E-state index contributed by atoms with van der Waals surface area (Å²) in [6, 6.07) is 5.11. The van der Waals surface area contributed by atoms with E-state index in [0.29, 0.717) is 18.0 Å². The molecule has 20 heavy (non-hydrogen) atoms. The molecule has 1 aromatic carbocycles. The van der Waals surface area contributed by atoms with E-state index in [-0.39, 0.29) is 11.7 Å². The Morgan fingerprint density at radius 1 is 1.30 bits per heavy atom. The fourth-order valence-electron chi connectivity index (χ4n) is 2.44. The number of benzene rings is 1. The summed E-state index contributed by atoms with van der Waals surface area (Å²) in [4.78, 5) is 16.6. The summed E-state index contributed by atoms with van der Waals surface area (Å²) >= 11 is 5.77. The number of hydrogen-bond donors (Lipinski definition) is 1. The van der Waals surface area contributed by atoms with Crippen LogP contribution < -0.4 is 0 Å². The number of alkyl halides is 1. The van der Waals surface area contributed by atoms with Crippen molar-refractivity contribution in [2.24, 2.45) is 0 Å². The van der Waals surface area contributed by atoms with Crippen LogP contribution in [0.4, 0.5) is 0 Å². The maximum absolute atomic E-state index is 12.5. The summed E-state index contributed by atoms with van der Waals surface area (Å²) in [5.41, 5.74) is 1.34. The van der Waals surface area contributed by atoms with Gasteiger partial charge in [0.15, 0.2) is 0 Å². The Labute approximate surface area is 124 Å². The molecule has 0 aromatic heterocycles. The highest BCUT2D eigenvalue weighted by atomic mass is 35.5. The van der Waals surface area contributed by atoms with Crippen LogP contribution in [0.5, 0.6) is 5.75 Å². The number of hydrogen-bond acceptors (Lipinski definition) is 3. The van der Waals surface area contributed by atoms with Crippen LogP contribution in [0.1, 0.15) is 22.3 Å². The van der Waals surface area contributed by atoms with Crippen LogP contribution in [-0.2, 0) is 0 Å². The largest absolute Gasteiger partial charge is 0.508 e. The standard InChI is InChI=1S/C15H21ClN2O2/c1-12-3-4-13(11-14(12)19)15(20)18-7-2-6-17(8-5-16)9-10-18/h3-4,11,19H,2,5-10H2,1H3. The lowest BCUT2D eigenvalue weighted by Crippen LogP contribution is -2.35. The van der Waals surface area contributed by atoms with Gasteiger partial charge in [0.2, 0.25) is 0 Å². The molecule has 1 heterocycles. The van der Waals surface area contributed by atoms with Crippen LogP contribution in [0, 0.1) is 6.92 Å². The molecule has 0 spiro atoms. The summed E-state index contributed by atoms with van der Waals surface area (Å²) in [5.74, 6) is 0.794. The molecule has 1 N–H and O–H groups in total. The maximum atomic E-state index is 12.5. The predicted octanol–water partition coefficient (Wildman–Crippen LogP) is 2.09. The van der Waals surface area contributed by atoms with Gasteiger partial charge in [0.25, 0.3) is 5.91 Å². The van der Waals surface area contributed by atoms with Crippen LogP contribution in [0.25, 0.3) is 0 Å². The molecule has 0 atom stereocenters. The summed E-state index contributed by atoms with van der Waals surface area (Å²) < 4.78 is 0. The lowest BCUT2D eigenvalue weighted by Gasteiger charge is -2.21. The Kier molecular flexibility index (Phi) is 5.26. The molecule has 110 valence electrons. The van der Waals surface area contributed by atoms with Crippen LogP contribution in [0.3, 0.4) is 0 Å². The van der Waals surface area contributed by atoms with Gasteiger partial charge >= 0.3 is 0 Å². The summed E-state index contributed by atoms with van der Waals surface area (Å²) in [6.45, 7) is 6.00. The average molecular weight is 297 g/mol. The highest BCUT2D eigenvalue weighted by Gasteiger charge is 2.20. The minimum atomic E-state index is -0.00646. The average Bonchev–Trinajstić information content (AvgIpc) is 2.67. The van der Waals surface area contributed by atoms with Gasteiger partial charge in [-0.05, 0) is 37.6 Å². The first-order chi connectivity index (χ1) is 9.61. The quantitative estimate of drug-likeness (QED) is 0.869. The predicted molar refractivity (Wildman–Crippen MR) is 80.5 cm³/mol. The molecule has 0 aliphatic carbocycles. The molecule has 0 saturated carbocycles. The van der Waals surface area contributed by atoms with E-state index >= 15 is 0 Å². The van der Waals surface area contributed by atoms with Crippen LogP contribution in [0.15, 0.2) is 18.2 Å². The minimum absolute atomic E-state index is 0.00646. The van der Waals surface area contributed by atoms with Gasteiger partial charge in [-0.15, -0.1) is 11.6 Å². The number of phenols is 1. The zero-order valence-electron chi connectivity index (χ0n) is 11.8. The summed E-state index contributed by atoms with van der Waals surface area (Å²) in [6.07, 6.45) is 0.959. The fourth-order valence-corrected chi connectivity index (χ4v) is 2.68. The molecule has 0 radical (unpaired) electrons. The van der Waals surface area contributed by atoms with E-state index in [2.05, 4.69) is 4.90 Å². The lowest BCUT2D eigenvalue weighted by molar-refractivity contribution is 0.0761. The molecule has 1 saturated heterocycles. The molecule has 1 aliphatic heterocycles. The topological polar surface area (TPSA) is 43.8 Å². The molecule has 1 aromatic rings. The zero-order chi connectivity index (χ0) is 14.5. The Bertz CT molecular complexity index is 479. The summed E-state index contributed by atoms with van der Waals surface area (Å²) in [5, 5.41) is 9.72. The molecule has 0 unspecified atom stereocenters. The van der Waals surface area contributed by atoms with E-state index in [0.717, 1.165) is 38.2 Å². The van der Waals surface area contributed by atoms with Crippen molar-refractivity contribution in [3.63, 3.8) is 0 Å². The Morgan fingerprint density at radius 3 is 2.80 bits per heavy atom. The normalized spacial score (nSPS) is 17.0. The van der Waals surface area contributed by atoms with E-state index < -0.39 is 0 Å². The minimum Gasteiger partial charge on any atom is -0.508 e. The molecule has 1 amide bonds. The molecule has 1 fully saturated rings. The Hall–Kier alpha value is -1.26. The number of carbonyl (C=O) groups excluding carboxylic acids is 1. The Balaban J connectivity index is 2.03. The first-order valence-electron chi connectivity index (χ1n) is 6.99. The van der Waals surface area contributed by atoms with E-state index in [4.69, 9.17) is 11.6 Å². The number of aromatic hydroxyl groups is 1. The van der Waals surface area contributed by atoms with Gasteiger partial charge in [-0.1, -0.05) is 6.07 Å². The number of rotatable bonds is 3.